The van der Waals surface area contributed by atoms with Crippen molar-refractivity contribution in [2.24, 2.45) is 0 Å². The third-order valence-corrected chi connectivity index (χ3v) is 6.82. The third kappa shape index (κ3) is 4.10. The lowest BCUT2D eigenvalue weighted by molar-refractivity contribution is -0.137. The minimum absolute atomic E-state index is 0.0267. The van der Waals surface area contributed by atoms with Gasteiger partial charge in [-0.1, -0.05) is 18.2 Å². The van der Waals surface area contributed by atoms with Crippen LogP contribution in [-0.2, 0) is 27.6 Å². The molecule has 2 atom stereocenters. The fourth-order valence-corrected chi connectivity index (χ4v) is 4.98. The molecule has 11 heteroatoms. The van der Waals surface area contributed by atoms with Crippen LogP contribution in [0.25, 0.3) is 0 Å². The smallest absolute Gasteiger partial charge is 0.416 e. The van der Waals surface area contributed by atoms with E-state index in [0.29, 0.717) is 22.6 Å². The Hall–Kier alpha value is -2.34. The number of ether oxygens (including phenoxy) is 2. The molecule has 30 heavy (non-hydrogen) atoms. The van der Waals surface area contributed by atoms with E-state index in [1.54, 1.807) is 25.2 Å². The second kappa shape index (κ2) is 7.73. The fraction of sp³-hybridized carbons (Fsp3) is 0.368. The summed E-state index contributed by atoms with van der Waals surface area (Å²) in [6.07, 6.45) is -4.46. The topological polar surface area (TPSA) is 77.1 Å². The van der Waals surface area contributed by atoms with E-state index < -0.39 is 33.1 Å². The summed E-state index contributed by atoms with van der Waals surface area (Å²) in [7, 11) is -2.30. The molecule has 0 unspecified atom stereocenters. The largest absolute Gasteiger partial charge is 0.454 e. The second-order valence-electron chi connectivity index (χ2n) is 7.00. The highest BCUT2D eigenvalue weighted by atomic mass is 32.2. The molecule has 2 aliphatic heterocycles. The molecule has 0 saturated carbocycles. The van der Waals surface area contributed by atoms with E-state index in [4.69, 9.17) is 14.3 Å². The average molecular weight is 444 g/mol. The number of halogens is 3. The van der Waals surface area contributed by atoms with Gasteiger partial charge in [0.2, 0.25) is 16.8 Å². The predicted octanol–water partition coefficient (Wildman–Crippen LogP) is 2.84. The van der Waals surface area contributed by atoms with Crippen LogP contribution in [-0.4, -0.2) is 39.2 Å². The summed E-state index contributed by atoms with van der Waals surface area (Å²) in [6, 6.07) is 8.79. The van der Waals surface area contributed by atoms with Gasteiger partial charge in [0.15, 0.2) is 11.5 Å². The number of hydrogen-bond acceptors (Lipinski definition) is 6. The number of nitrogens with one attached hydrogen (secondary N) is 1. The molecule has 1 saturated heterocycles. The third-order valence-electron chi connectivity index (χ3n) is 5.08. The van der Waals surface area contributed by atoms with E-state index in [1.807, 2.05) is 0 Å². The highest BCUT2D eigenvalue weighted by Gasteiger charge is 2.43. The highest BCUT2D eigenvalue weighted by molar-refractivity contribution is 7.90. The molecule has 0 amide bonds. The van der Waals surface area contributed by atoms with Gasteiger partial charge in [-0.05, 0) is 35.4 Å². The van der Waals surface area contributed by atoms with E-state index >= 15 is 0 Å². The molecular weight excluding hydrogens is 425 g/mol. The normalized spacial score (nSPS) is 21.9. The molecular formula is C19H19F3N2O5S. The first-order valence-corrected chi connectivity index (χ1v) is 10.6. The number of benzene rings is 2. The van der Waals surface area contributed by atoms with Crippen molar-refractivity contribution in [2.45, 2.75) is 24.0 Å². The zero-order valence-corrected chi connectivity index (χ0v) is 16.7. The number of hydrogen-bond donors (Lipinski definition) is 1. The van der Waals surface area contributed by atoms with Crippen molar-refractivity contribution in [3.05, 3.63) is 59.2 Å². The maximum absolute atomic E-state index is 12.9. The van der Waals surface area contributed by atoms with E-state index in [2.05, 4.69) is 4.72 Å². The van der Waals surface area contributed by atoms with Crippen LogP contribution in [0.2, 0.25) is 0 Å². The summed E-state index contributed by atoms with van der Waals surface area (Å²) >= 11 is 0. The van der Waals surface area contributed by atoms with Crippen molar-refractivity contribution in [3.8, 4) is 11.5 Å². The summed E-state index contributed by atoms with van der Waals surface area (Å²) in [6.45, 7) is 0.0304. The summed E-state index contributed by atoms with van der Waals surface area (Å²) in [5.74, 6) is 1.13. The zero-order valence-electron chi connectivity index (χ0n) is 15.8. The molecule has 0 aromatic heterocycles. The van der Waals surface area contributed by atoms with Crippen LogP contribution in [0.1, 0.15) is 22.7 Å². The minimum Gasteiger partial charge on any atom is -0.454 e. The van der Waals surface area contributed by atoms with E-state index in [1.165, 1.54) is 17.2 Å². The number of sulfonamides is 1. The molecule has 2 aliphatic rings. The van der Waals surface area contributed by atoms with Crippen molar-refractivity contribution in [1.82, 2.24) is 9.79 Å². The lowest BCUT2D eigenvalue weighted by Crippen LogP contribution is -2.39. The molecule has 4 rings (SSSR count). The molecule has 1 N–H and O–H groups in total. The Balaban J connectivity index is 1.51. The summed E-state index contributed by atoms with van der Waals surface area (Å²) in [4.78, 5) is 5.38. The Morgan fingerprint density at radius 3 is 2.50 bits per heavy atom. The van der Waals surface area contributed by atoms with Gasteiger partial charge in [0.1, 0.15) is 5.25 Å². The molecule has 0 spiro atoms. The lowest BCUT2D eigenvalue weighted by atomic mass is 10.0. The first-order valence-electron chi connectivity index (χ1n) is 9.05. The Morgan fingerprint density at radius 1 is 1.10 bits per heavy atom. The highest BCUT2D eigenvalue weighted by Crippen LogP contribution is 2.36. The zero-order chi connectivity index (χ0) is 21.5. The van der Waals surface area contributed by atoms with Gasteiger partial charge < -0.3 is 9.47 Å². The van der Waals surface area contributed by atoms with Gasteiger partial charge in [-0.2, -0.15) is 18.2 Å². The van der Waals surface area contributed by atoms with Crippen molar-refractivity contribution >= 4 is 10.0 Å². The first kappa shape index (κ1) is 20.9. The van der Waals surface area contributed by atoms with Crippen molar-refractivity contribution in [1.29, 1.82) is 0 Å². The molecule has 2 aromatic rings. The Labute approximate surface area is 171 Å². The Bertz CT molecular complexity index is 1030. The monoisotopic (exact) mass is 444 g/mol. The van der Waals surface area contributed by atoms with Crippen LogP contribution in [0.15, 0.2) is 42.5 Å². The average Bonchev–Trinajstić information content (AvgIpc) is 3.32. The Kier molecular flexibility index (Phi) is 5.39. The standard InChI is InChI=1S/C19H19F3N2O5S/c1-24-18(13-3-5-14(6-4-13)19(20,21)22)17(10-29-24)30(25,26)23-9-12-2-7-15-16(8-12)28-11-27-15/h2-8,17-18,23H,9-11H2,1H3/t17-,18-/m0/s1. The molecule has 1 fully saturated rings. The van der Waals surface area contributed by atoms with E-state index in [9.17, 15) is 21.6 Å². The fourth-order valence-electron chi connectivity index (χ4n) is 3.49. The van der Waals surface area contributed by atoms with Gasteiger partial charge in [-0.3, -0.25) is 4.84 Å². The number of rotatable bonds is 5. The van der Waals surface area contributed by atoms with Gasteiger partial charge in [0.25, 0.3) is 0 Å². The van der Waals surface area contributed by atoms with Gasteiger partial charge in [-0.15, -0.1) is 0 Å². The first-order chi connectivity index (χ1) is 14.1. The predicted molar refractivity (Wildman–Crippen MR) is 100 cm³/mol. The van der Waals surface area contributed by atoms with E-state index in [-0.39, 0.29) is 19.9 Å². The number of alkyl halides is 3. The Morgan fingerprint density at radius 2 is 1.80 bits per heavy atom. The molecule has 162 valence electrons. The summed E-state index contributed by atoms with van der Waals surface area (Å²) < 4.78 is 77.4. The quantitative estimate of drug-likeness (QED) is 0.765. The molecule has 0 bridgehead atoms. The van der Waals surface area contributed by atoms with Crippen LogP contribution >= 0.6 is 0 Å². The molecule has 0 radical (unpaired) electrons. The SMILES string of the molecule is CN1OC[C@H](S(=O)(=O)NCc2ccc3c(c2)OCO3)[C@@H]1c1ccc(C(F)(F)F)cc1. The van der Waals surface area contributed by atoms with Gasteiger partial charge in [0, 0.05) is 13.6 Å². The van der Waals surface area contributed by atoms with Gasteiger partial charge >= 0.3 is 6.18 Å². The van der Waals surface area contributed by atoms with Crippen molar-refractivity contribution < 1.29 is 35.9 Å². The molecule has 2 aromatic carbocycles. The van der Waals surface area contributed by atoms with Crippen LogP contribution in [0.3, 0.4) is 0 Å². The molecule has 7 nitrogen and oxygen atoms in total. The number of fused-ring (bicyclic) bond motifs is 1. The maximum atomic E-state index is 12.9. The number of nitrogens with zero attached hydrogens (tertiary/aromatic N) is 1. The number of hydroxylamine groups is 2. The minimum atomic E-state index is -4.46. The second-order valence-corrected chi connectivity index (χ2v) is 8.98. The van der Waals surface area contributed by atoms with Crippen LogP contribution in [0.5, 0.6) is 11.5 Å². The molecule has 2 heterocycles. The summed E-state index contributed by atoms with van der Waals surface area (Å²) in [5.41, 5.74) is 0.302. The molecule has 0 aliphatic carbocycles. The maximum Gasteiger partial charge on any atom is 0.416 e. The van der Waals surface area contributed by atoms with Crippen molar-refractivity contribution in [3.63, 3.8) is 0 Å². The van der Waals surface area contributed by atoms with Crippen molar-refractivity contribution in [2.75, 3.05) is 20.4 Å². The lowest BCUT2D eigenvalue weighted by Gasteiger charge is -2.23. The van der Waals surface area contributed by atoms with Gasteiger partial charge in [0.05, 0.1) is 18.2 Å². The van der Waals surface area contributed by atoms with Gasteiger partial charge in [-0.25, -0.2) is 13.1 Å². The summed E-state index contributed by atoms with van der Waals surface area (Å²) in [5, 5.41) is 0.362. The van der Waals surface area contributed by atoms with Crippen LogP contribution in [0, 0.1) is 0 Å². The van der Waals surface area contributed by atoms with Crippen LogP contribution in [0.4, 0.5) is 13.2 Å². The van der Waals surface area contributed by atoms with E-state index in [0.717, 1.165) is 12.1 Å². The van der Waals surface area contributed by atoms with Crippen LogP contribution < -0.4 is 14.2 Å².